The topological polar surface area (TPSA) is 130 Å². The second-order valence-electron chi connectivity index (χ2n) is 6.56. The van der Waals surface area contributed by atoms with E-state index in [0.29, 0.717) is 13.1 Å². The summed E-state index contributed by atoms with van der Waals surface area (Å²) in [6.07, 6.45) is 14.0. The van der Waals surface area contributed by atoms with Gasteiger partial charge in [-0.2, -0.15) is 7.82 Å². The molecule has 11 heteroatoms. The number of rotatable bonds is 15. The van der Waals surface area contributed by atoms with Crippen LogP contribution in [0.4, 0.5) is 0 Å². The van der Waals surface area contributed by atoms with E-state index in [1.165, 1.54) is 57.8 Å². The minimum absolute atomic E-state index is 0. The molecule has 0 aromatic rings. The van der Waals surface area contributed by atoms with E-state index >= 15 is 0 Å². The Hall–Kier alpha value is 2.99. The fourth-order valence-corrected chi connectivity index (χ4v) is 2.58. The second-order valence-corrected chi connectivity index (χ2v) is 7.45. The van der Waals surface area contributed by atoms with E-state index in [-0.39, 0.29) is 101 Å². The van der Waals surface area contributed by atoms with E-state index in [4.69, 9.17) is 24.4 Å². The van der Waals surface area contributed by atoms with Crippen molar-refractivity contribution in [2.24, 2.45) is 0 Å². The number of aliphatic hydroxyl groups is 2. The van der Waals surface area contributed by atoms with Crippen LogP contribution in [0.25, 0.3) is 0 Å². The Morgan fingerprint density at radius 3 is 1.57 bits per heavy atom. The molecule has 0 saturated heterocycles. The maximum Gasteiger partial charge on any atom is 1.00 e. The zero-order valence-corrected chi connectivity index (χ0v) is 25.8. The van der Waals surface area contributed by atoms with E-state index in [1.54, 1.807) is 0 Å². The van der Waals surface area contributed by atoms with Gasteiger partial charge in [-0.25, -0.2) is 0 Å². The van der Waals surface area contributed by atoms with Gasteiger partial charge >= 0.3 is 88.7 Å². The largest absolute Gasteiger partial charge is 1.00 e. The molecule has 7 nitrogen and oxygen atoms in total. The van der Waals surface area contributed by atoms with Crippen LogP contribution in [0.1, 0.15) is 77.6 Å². The van der Waals surface area contributed by atoms with Gasteiger partial charge in [-0.15, -0.1) is 0 Å². The quantitative estimate of drug-likeness (QED) is 0.144. The Balaban J connectivity index is -0.000000195. The number of nitrogens with zero attached hydrogens (tertiary/aromatic N) is 1. The second kappa shape index (κ2) is 30.0. The molecule has 0 aromatic heterocycles. The van der Waals surface area contributed by atoms with Crippen LogP contribution in [0, 0.1) is 0 Å². The van der Waals surface area contributed by atoms with Gasteiger partial charge in [0, 0.05) is 13.1 Å². The smallest absolute Gasteiger partial charge is 0.822 e. The predicted molar refractivity (Wildman–Crippen MR) is 94.7 cm³/mol. The number of hydrogen-bond acceptors (Lipinski definition) is 7. The molecule has 28 heavy (non-hydrogen) atoms. The summed E-state index contributed by atoms with van der Waals surface area (Å²) in [7, 11) is -3.45. The monoisotopic (exact) mass is 451 g/mol. The first-order chi connectivity index (χ1) is 11.7. The van der Waals surface area contributed by atoms with Gasteiger partial charge in [-0.05, 0) is 13.5 Å². The maximum atomic E-state index is 9.85. The maximum absolute atomic E-state index is 9.85. The Kier molecular flexibility index (Phi) is 44.2. The summed E-state index contributed by atoms with van der Waals surface area (Å²) in [5.41, 5.74) is 0. The average molecular weight is 451 g/mol. The molecule has 0 heterocycles. The van der Waals surface area contributed by atoms with Gasteiger partial charge in [-0.1, -0.05) is 71.1 Å². The normalized spacial score (nSPS) is 11.4. The van der Waals surface area contributed by atoms with Gasteiger partial charge < -0.3 is 34.4 Å². The van der Waals surface area contributed by atoms with Crippen LogP contribution in [0.15, 0.2) is 0 Å². The van der Waals surface area contributed by atoms with Gasteiger partial charge in [-0.3, -0.25) is 0 Å². The summed E-state index contributed by atoms with van der Waals surface area (Å²) in [5.74, 6) is 0. The molecule has 154 valence electrons. The summed E-state index contributed by atoms with van der Waals surface area (Å²) in [6, 6.07) is 0. The van der Waals surface area contributed by atoms with Crippen LogP contribution in [-0.2, 0) is 4.57 Å². The standard InChI is InChI=1S/C17H37NO2.3Na.H3O4P/c1-3-4-5-6-7-8-9-10-11-12-13-17(20)16-18(2)14-15-19;;;;1-5(2,3)4/h17,19-20H,3-16H2,1-2H3;;;;(H3,1,2,3,4)/q;3*+1;/p-3. The number of aliphatic hydroxyl groups excluding tert-OH is 2. The van der Waals surface area contributed by atoms with E-state index < -0.39 is 7.82 Å². The van der Waals surface area contributed by atoms with Crippen molar-refractivity contribution < 1.29 is 118 Å². The van der Waals surface area contributed by atoms with Crippen LogP contribution < -0.4 is 103 Å². The molecule has 0 aliphatic carbocycles. The van der Waals surface area contributed by atoms with Crippen LogP contribution in [0.5, 0.6) is 0 Å². The zero-order chi connectivity index (χ0) is 19.6. The van der Waals surface area contributed by atoms with Crippen molar-refractivity contribution in [3.05, 3.63) is 0 Å². The molecule has 0 amide bonds. The van der Waals surface area contributed by atoms with Gasteiger partial charge in [0.25, 0.3) is 0 Å². The molecule has 0 bridgehead atoms. The van der Waals surface area contributed by atoms with Crippen LogP contribution in [0.2, 0.25) is 0 Å². The van der Waals surface area contributed by atoms with Crippen LogP contribution in [-0.4, -0.2) is 48.0 Å². The third-order valence-electron chi connectivity index (χ3n) is 3.90. The van der Waals surface area contributed by atoms with Crippen molar-refractivity contribution in [2.75, 3.05) is 26.7 Å². The Morgan fingerprint density at radius 2 is 1.21 bits per heavy atom. The van der Waals surface area contributed by atoms with E-state index in [9.17, 15) is 5.11 Å². The summed E-state index contributed by atoms with van der Waals surface area (Å²) < 4.78 is 8.55. The molecule has 0 rings (SSSR count). The van der Waals surface area contributed by atoms with Crippen molar-refractivity contribution in [1.82, 2.24) is 4.90 Å². The van der Waals surface area contributed by atoms with Crippen LogP contribution in [0.3, 0.4) is 0 Å². The van der Waals surface area contributed by atoms with E-state index in [2.05, 4.69) is 6.92 Å². The first-order valence-electron chi connectivity index (χ1n) is 9.41. The predicted octanol–water partition coefficient (Wildman–Crippen LogP) is -8.23. The molecule has 1 unspecified atom stereocenters. The minimum Gasteiger partial charge on any atom is -0.822 e. The molecule has 0 radical (unpaired) electrons. The minimum atomic E-state index is -5.39. The Labute approximate surface area is 238 Å². The molecule has 1 atom stereocenters. The average Bonchev–Trinajstić information content (AvgIpc) is 2.47. The molecule has 0 aromatic carbocycles. The Bertz CT molecular complexity index is 319. The summed E-state index contributed by atoms with van der Waals surface area (Å²) >= 11 is 0. The SMILES string of the molecule is CCCCCCCCCCCCC(O)CN(C)CCO.O=P([O-])([O-])[O-].[Na+].[Na+].[Na+]. The van der Waals surface area contributed by atoms with E-state index in [0.717, 1.165) is 12.8 Å². The molecular formula is C17H37NNa3O6P. The van der Waals surface area contributed by atoms with Gasteiger partial charge in [0.2, 0.25) is 0 Å². The number of unbranched alkanes of at least 4 members (excludes halogenated alkanes) is 9. The molecule has 2 N–H and O–H groups in total. The third-order valence-corrected chi connectivity index (χ3v) is 3.90. The molecule has 0 saturated carbocycles. The molecule has 0 spiro atoms. The van der Waals surface area contributed by atoms with Crippen molar-refractivity contribution in [2.45, 2.75) is 83.7 Å². The fourth-order valence-electron chi connectivity index (χ4n) is 2.58. The van der Waals surface area contributed by atoms with Crippen molar-refractivity contribution in [1.29, 1.82) is 0 Å². The summed E-state index contributed by atoms with van der Waals surface area (Å²) in [4.78, 5) is 27.6. The molecule has 0 aliphatic heterocycles. The summed E-state index contributed by atoms with van der Waals surface area (Å²) in [5, 5.41) is 18.6. The van der Waals surface area contributed by atoms with Crippen LogP contribution >= 0.6 is 7.82 Å². The Morgan fingerprint density at radius 1 is 0.857 bits per heavy atom. The number of hydrogen-bond donors (Lipinski definition) is 2. The first-order valence-corrected chi connectivity index (χ1v) is 10.9. The first kappa shape index (κ1) is 41.3. The van der Waals surface area contributed by atoms with Crippen molar-refractivity contribution in [3.63, 3.8) is 0 Å². The van der Waals surface area contributed by atoms with Crippen molar-refractivity contribution in [3.8, 4) is 0 Å². The summed E-state index contributed by atoms with van der Waals surface area (Å²) in [6.45, 7) is 3.75. The molecular weight excluding hydrogens is 414 g/mol. The van der Waals surface area contributed by atoms with E-state index in [1.807, 2.05) is 11.9 Å². The molecule has 0 fully saturated rings. The fraction of sp³-hybridized carbons (Fsp3) is 1.00. The van der Waals surface area contributed by atoms with Gasteiger partial charge in [0.1, 0.15) is 0 Å². The van der Waals surface area contributed by atoms with Gasteiger partial charge in [0.05, 0.1) is 12.7 Å². The number of likely N-dealkylation sites (N-methyl/N-ethyl adjacent to an activating group) is 1. The van der Waals surface area contributed by atoms with Gasteiger partial charge in [0.15, 0.2) is 0 Å². The number of phosphoric acid groups is 1. The zero-order valence-electron chi connectivity index (χ0n) is 18.9. The molecule has 0 aliphatic rings. The third kappa shape index (κ3) is 47.0. The van der Waals surface area contributed by atoms with Crippen molar-refractivity contribution >= 4 is 7.82 Å².